The Labute approximate surface area is 169 Å². The van der Waals surface area contributed by atoms with Crippen molar-refractivity contribution >= 4 is 17.0 Å². The average molecular weight is 387 g/mol. The molecular formula is C23H23N4O2-. The van der Waals surface area contributed by atoms with Crippen LogP contribution >= 0.6 is 0 Å². The maximum atomic E-state index is 11.8. The van der Waals surface area contributed by atoms with E-state index in [9.17, 15) is 9.90 Å². The minimum absolute atomic E-state index is 0.0852. The Balaban J connectivity index is 1.77. The van der Waals surface area contributed by atoms with E-state index in [-0.39, 0.29) is 12.0 Å². The molecule has 0 saturated heterocycles. The zero-order chi connectivity index (χ0) is 20.4. The Morgan fingerprint density at radius 3 is 2.62 bits per heavy atom. The molecule has 0 aliphatic heterocycles. The van der Waals surface area contributed by atoms with Crippen molar-refractivity contribution in [3.8, 4) is 17.3 Å². The summed E-state index contributed by atoms with van der Waals surface area (Å²) in [6.45, 7) is 2.11. The summed E-state index contributed by atoms with van der Waals surface area (Å²) in [5.41, 5.74) is 3.91. The van der Waals surface area contributed by atoms with E-state index in [1.807, 2.05) is 12.1 Å². The summed E-state index contributed by atoms with van der Waals surface area (Å²) in [5.74, 6) is -0.637. The predicted molar refractivity (Wildman–Crippen MR) is 108 cm³/mol. The summed E-state index contributed by atoms with van der Waals surface area (Å²) >= 11 is 0. The Hall–Kier alpha value is -3.20. The van der Waals surface area contributed by atoms with Crippen molar-refractivity contribution in [2.75, 3.05) is 0 Å². The summed E-state index contributed by atoms with van der Waals surface area (Å²) in [6, 6.07) is 12.0. The third-order valence-corrected chi connectivity index (χ3v) is 5.82. The number of carboxylic acids is 1. The van der Waals surface area contributed by atoms with Gasteiger partial charge in [-0.1, -0.05) is 43.5 Å². The zero-order valence-corrected chi connectivity index (χ0v) is 16.5. The van der Waals surface area contributed by atoms with Crippen LogP contribution in [0.3, 0.4) is 0 Å². The standard InChI is InChI=1S/C23H24N4O2/c1-15-21-19(23(28)29)14-20(25-22(21)27(26-15)13-5-12-24)18-10-8-17(9-11-18)16-6-3-2-4-7-16/h8-11,14,16H,2-7,13H2,1H3,(H,28,29)/p-1. The van der Waals surface area contributed by atoms with Gasteiger partial charge < -0.3 is 9.90 Å². The van der Waals surface area contributed by atoms with Crippen molar-refractivity contribution in [1.29, 1.82) is 5.26 Å². The number of aryl methyl sites for hydroxylation is 2. The second kappa shape index (κ2) is 8.04. The third-order valence-electron chi connectivity index (χ3n) is 5.82. The van der Waals surface area contributed by atoms with Crippen molar-refractivity contribution < 1.29 is 9.90 Å². The molecule has 148 valence electrons. The summed E-state index contributed by atoms with van der Waals surface area (Å²) < 4.78 is 1.61. The van der Waals surface area contributed by atoms with E-state index >= 15 is 0 Å². The Kier molecular flexibility index (Phi) is 5.30. The van der Waals surface area contributed by atoms with Gasteiger partial charge in [-0.3, -0.25) is 0 Å². The zero-order valence-electron chi connectivity index (χ0n) is 16.5. The van der Waals surface area contributed by atoms with Gasteiger partial charge in [0.15, 0.2) is 5.65 Å². The molecule has 0 amide bonds. The Bertz CT molecular complexity index is 1090. The molecule has 1 aromatic carbocycles. The van der Waals surface area contributed by atoms with E-state index in [1.54, 1.807) is 17.7 Å². The third kappa shape index (κ3) is 3.73. The van der Waals surface area contributed by atoms with Crippen LogP contribution in [0.5, 0.6) is 0 Å². The van der Waals surface area contributed by atoms with E-state index in [1.165, 1.54) is 37.7 Å². The maximum Gasteiger partial charge on any atom is 0.159 e. The van der Waals surface area contributed by atoms with Crippen LogP contribution in [0, 0.1) is 18.3 Å². The number of carboxylic acid groups (broad SMARTS) is 1. The summed E-state index contributed by atoms with van der Waals surface area (Å²) in [6.07, 6.45) is 6.63. The van der Waals surface area contributed by atoms with Crippen LogP contribution in [-0.2, 0) is 6.54 Å². The quantitative estimate of drug-likeness (QED) is 0.665. The number of hydrogen-bond acceptors (Lipinski definition) is 5. The van der Waals surface area contributed by atoms with Gasteiger partial charge in [0.1, 0.15) is 0 Å². The minimum atomic E-state index is -1.25. The summed E-state index contributed by atoms with van der Waals surface area (Å²) in [5, 5.41) is 25.6. The fourth-order valence-corrected chi connectivity index (χ4v) is 4.34. The fourth-order valence-electron chi connectivity index (χ4n) is 4.34. The normalized spacial score (nSPS) is 14.8. The molecule has 1 fully saturated rings. The molecule has 4 rings (SSSR count). The smallest absolute Gasteiger partial charge is 0.159 e. The van der Waals surface area contributed by atoms with Gasteiger partial charge in [-0.05, 0) is 37.3 Å². The fraction of sp³-hybridized carbons (Fsp3) is 0.391. The second-order valence-corrected chi connectivity index (χ2v) is 7.71. The van der Waals surface area contributed by atoms with Crippen molar-refractivity contribution in [2.24, 2.45) is 0 Å². The van der Waals surface area contributed by atoms with Crippen LogP contribution in [0.2, 0.25) is 0 Å². The first-order valence-electron chi connectivity index (χ1n) is 10.1. The molecule has 1 aliphatic rings. The van der Waals surface area contributed by atoms with Crippen molar-refractivity contribution in [2.45, 2.75) is 57.9 Å². The van der Waals surface area contributed by atoms with Gasteiger partial charge >= 0.3 is 0 Å². The number of aromatic nitrogens is 3. The van der Waals surface area contributed by atoms with E-state index in [0.717, 1.165) is 5.56 Å². The molecule has 1 aliphatic carbocycles. The van der Waals surface area contributed by atoms with Gasteiger partial charge in [0, 0.05) is 11.1 Å². The lowest BCUT2D eigenvalue weighted by Gasteiger charge is -2.22. The molecule has 0 unspecified atom stereocenters. The molecule has 6 heteroatoms. The monoisotopic (exact) mass is 387 g/mol. The number of benzene rings is 1. The summed E-state index contributed by atoms with van der Waals surface area (Å²) in [4.78, 5) is 16.5. The van der Waals surface area contributed by atoms with Crippen molar-refractivity contribution in [3.63, 3.8) is 0 Å². The Morgan fingerprint density at radius 2 is 1.97 bits per heavy atom. The van der Waals surface area contributed by atoms with Crippen molar-refractivity contribution in [1.82, 2.24) is 14.8 Å². The van der Waals surface area contributed by atoms with E-state index < -0.39 is 5.97 Å². The highest BCUT2D eigenvalue weighted by Gasteiger charge is 2.18. The molecular weight excluding hydrogens is 364 g/mol. The molecule has 0 atom stereocenters. The molecule has 0 N–H and O–H groups in total. The maximum absolute atomic E-state index is 11.8. The van der Waals surface area contributed by atoms with Gasteiger partial charge in [0.05, 0.1) is 41.8 Å². The van der Waals surface area contributed by atoms with Crippen LogP contribution in [0.1, 0.15) is 66.1 Å². The number of nitriles is 1. The summed E-state index contributed by atoms with van der Waals surface area (Å²) in [7, 11) is 0. The topological polar surface area (TPSA) is 94.6 Å². The lowest BCUT2D eigenvalue weighted by Crippen LogP contribution is -2.23. The number of hydrogen-bond donors (Lipinski definition) is 0. The number of pyridine rings is 1. The largest absolute Gasteiger partial charge is 0.545 e. The SMILES string of the molecule is Cc1nn(CCC#N)c2nc(-c3ccc(C4CCCCC4)cc3)cc(C(=O)[O-])c12. The lowest BCUT2D eigenvalue weighted by atomic mass is 9.84. The molecule has 1 saturated carbocycles. The molecule has 2 aromatic heterocycles. The molecule has 0 bridgehead atoms. The molecule has 0 radical (unpaired) electrons. The molecule has 3 aromatic rings. The molecule has 0 spiro atoms. The number of carbonyl (C=O) groups excluding carboxylic acids is 1. The highest BCUT2D eigenvalue weighted by molar-refractivity contribution is 6.03. The van der Waals surface area contributed by atoms with E-state index in [0.29, 0.717) is 34.9 Å². The van der Waals surface area contributed by atoms with Gasteiger partial charge in [-0.25, -0.2) is 9.67 Å². The number of rotatable bonds is 5. The first kappa shape index (κ1) is 19.1. The average Bonchev–Trinajstić information content (AvgIpc) is 3.07. The number of carbonyl (C=O) groups is 1. The minimum Gasteiger partial charge on any atom is -0.545 e. The number of aromatic carboxylic acids is 1. The first-order chi connectivity index (χ1) is 14.1. The van der Waals surface area contributed by atoms with Crippen molar-refractivity contribution in [3.05, 3.63) is 47.2 Å². The van der Waals surface area contributed by atoms with E-state index in [2.05, 4.69) is 23.3 Å². The molecule has 6 nitrogen and oxygen atoms in total. The van der Waals surface area contributed by atoms with Crippen LogP contribution in [-0.4, -0.2) is 20.7 Å². The number of nitrogens with zero attached hydrogens (tertiary/aromatic N) is 4. The van der Waals surface area contributed by atoms with Gasteiger partial charge in [0.25, 0.3) is 0 Å². The highest BCUT2D eigenvalue weighted by Crippen LogP contribution is 2.34. The molecule has 29 heavy (non-hydrogen) atoms. The van der Waals surface area contributed by atoms with Crippen LogP contribution in [0.4, 0.5) is 0 Å². The Morgan fingerprint density at radius 1 is 1.24 bits per heavy atom. The van der Waals surface area contributed by atoms with Gasteiger partial charge in [-0.2, -0.15) is 10.4 Å². The van der Waals surface area contributed by atoms with Crippen LogP contribution in [0.15, 0.2) is 30.3 Å². The lowest BCUT2D eigenvalue weighted by molar-refractivity contribution is -0.254. The van der Waals surface area contributed by atoms with Gasteiger partial charge in [0.2, 0.25) is 0 Å². The first-order valence-corrected chi connectivity index (χ1v) is 10.1. The predicted octanol–water partition coefficient (Wildman–Crippen LogP) is 3.73. The van der Waals surface area contributed by atoms with Crippen LogP contribution < -0.4 is 5.11 Å². The number of fused-ring (bicyclic) bond motifs is 1. The van der Waals surface area contributed by atoms with Gasteiger partial charge in [-0.15, -0.1) is 0 Å². The highest BCUT2D eigenvalue weighted by atomic mass is 16.4. The van der Waals surface area contributed by atoms with E-state index in [4.69, 9.17) is 10.2 Å². The molecule has 2 heterocycles. The van der Waals surface area contributed by atoms with Crippen LogP contribution in [0.25, 0.3) is 22.3 Å². The second-order valence-electron chi connectivity index (χ2n) is 7.71.